The quantitative estimate of drug-likeness (QED) is 0.325. The van der Waals surface area contributed by atoms with Gasteiger partial charge in [-0.2, -0.15) is 5.10 Å². The smallest absolute Gasteiger partial charge is 0.165 e. The lowest BCUT2D eigenvalue weighted by Gasteiger charge is -2.19. The first kappa shape index (κ1) is 19.6. The van der Waals surface area contributed by atoms with Gasteiger partial charge in [0.2, 0.25) is 0 Å². The Morgan fingerprint density at radius 2 is 1.36 bits per heavy atom. The van der Waals surface area contributed by atoms with Crippen molar-refractivity contribution in [2.75, 3.05) is 0 Å². The van der Waals surface area contributed by atoms with Gasteiger partial charge in [-0.25, -0.2) is 9.67 Å². The van der Waals surface area contributed by atoms with Crippen molar-refractivity contribution in [3.05, 3.63) is 102 Å². The molecular formula is C29H23N3O. The van der Waals surface area contributed by atoms with Crippen LogP contribution in [0.25, 0.3) is 39.0 Å². The van der Waals surface area contributed by atoms with Crippen LogP contribution in [0.1, 0.15) is 34.6 Å². The lowest BCUT2D eigenvalue weighted by molar-refractivity contribution is 0.0972. The van der Waals surface area contributed by atoms with Gasteiger partial charge in [-0.3, -0.25) is 4.79 Å². The lowest BCUT2D eigenvalue weighted by atomic mass is 9.86. The second kappa shape index (κ2) is 7.82. The molecule has 0 radical (unpaired) electrons. The van der Waals surface area contributed by atoms with Gasteiger partial charge in [0.15, 0.2) is 11.4 Å². The van der Waals surface area contributed by atoms with Gasteiger partial charge < -0.3 is 0 Å². The van der Waals surface area contributed by atoms with Crippen LogP contribution >= 0.6 is 0 Å². The maximum absolute atomic E-state index is 13.1. The second-order valence-corrected chi connectivity index (χ2v) is 8.56. The predicted octanol–water partition coefficient (Wildman–Crippen LogP) is 6.58. The highest BCUT2D eigenvalue weighted by Gasteiger charge is 2.28. The summed E-state index contributed by atoms with van der Waals surface area (Å²) in [4.78, 5) is 18.1. The topological polar surface area (TPSA) is 47.8 Å². The standard InChI is InChI=1S/C29H23N3O/c1-19-26-27(22-17-15-21(16-18-22)20-9-4-2-5-10-20)28-24(13-8-14-25(28)33)30-29(26)32(31-19)23-11-6-3-7-12-23/h2-7,9-12,15-18H,8,13-14H2,1H3. The largest absolute Gasteiger partial charge is 0.294 e. The molecule has 2 heterocycles. The van der Waals surface area contributed by atoms with Gasteiger partial charge in [0.05, 0.1) is 22.5 Å². The van der Waals surface area contributed by atoms with E-state index in [1.165, 1.54) is 5.56 Å². The molecule has 4 heteroatoms. The number of carbonyl (C=O) groups is 1. The summed E-state index contributed by atoms with van der Waals surface area (Å²) in [6, 6.07) is 28.9. The molecule has 0 fully saturated rings. The molecule has 3 aromatic carbocycles. The summed E-state index contributed by atoms with van der Waals surface area (Å²) in [6.07, 6.45) is 2.22. The number of benzene rings is 3. The average molecular weight is 430 g/mol. The first-order valence-electron chi connectivity index (χ1n) is 11.4. The molecule has 6 rings (SSSR count). The van der Waals surface area contributed by atoms with E-state index in [4.69, 9.17) is 10.1 Å². The van der Waals surface area contributed by atoms with Crippen LogP contribution in [0.2, 0.25) is 0 Å². The summed E-state index contributed by atoms with van der Waals surface area (Å²) < 4.78 is 1.91. The fraction of sp³-hybridized carbons (Fsp3) is 0.138. The number of Topliss-reactive ketones (excluding diaryl/α,β-unsaturated/α-hetero) is 1. The number of hydrogen-bond donors (Lipinski definition) is 0. The van der Waals surface area contributed by atoms with Crippen molar-refractivity contribution in [2.45, 2.75) is 26.2 Å². The summed E-state index contributed by atoms with van der Waals surface area (Å²) in [5.74, 6) is 0.180. The Balaban J connectivity index is 1.61. The summed E-state index contributed by atoms with van der Waals surface area (Å²) in [7, 11) is 0. The molecule has 2 aromatic heterocycles. The number of carbonyl (C=O) groups excluding carboxylic acids is 1. The van der Waals surface area contributed by atoms with E-state index >= 15 is 0 Å². The first-order valence-corrected chi connectivity index (χ1v) is 11.4. The third-order valence-electron chi connectivity index (χ3n) is 6.44. The number of para-hydroxylation sites is 1. The van der Waals surface area contributed by atoms with Gasteiger partial charge in [-0.15, -0.1) is 0 Å². The molecule has 0 saturated carbocycles. The Hall–Kier alpha value is -4.05. The zero-order valence-electron chi connectivity index (χ0n) is 18.5. The van der Waals surface area contributed by atoms with Crippen molar-refractivity contribution >= 4 is 16.8 Å². The van der Waals surface area contributed by atoms with Crippen LogP contribution in [0, 0.1) is 6.92 Å². The number of fused-ring (bicyclic) bond motifs is 2. The molecule has 0 saturated heterocycles. The summed E-state index contributed by atoms with van der Waals surface area (Å²) in [5, 5.41) is 5.81. The highest BCUT2D eigenvalue weighted by Crippen LogP contribution is 2.39. The second-order valence-electron chi connectivity index (χ2n) is 8.56. The molecule has 4 nitrogen and oxygen atoms in total. The van der Waals surface area contributed by atoms with Crippen LogP contribution in [0.4, 0.5) is 0 Å². The Labute approximate surface area is 192 Å². The fourth-order valence-electron chi connectivity index (χ4n) is 4.88. The van der Waals surface area contributed by atoms with Gasteiger partial charge in [0.25, 0.3) is 0 Å². The van der Waals surface area contributed by atoms with E-state index in [2.05, 4.69) is 36.4 Å². The molecule has 160 valence electrons. The molecule has 5 aromatic rings. The Morgan fingerprint density at radius 3 is 2.09 bits per heavy atom. The number of aryl methyl sites for hydroxylation is 2. The van der Waals surface area contributed by atoms with Crippen molar-refractivity contribution in [3.8, 4) is 27.9 Å². The summed E-state index contributed by atoms with van der Waals surface area (Å²) in [6.45, 7) is 2.00. The maximum atomic E-state index is 13.1. The van der Waals surface area contributed by atoms with Crippen LogP contribution < -0.4 is 0 Å². The number of hydrogen-bond acceptors (Lipinski definition) is 3. The normalized spacial score (nSPS) is 13.3. The Bertz CT molecular complexity index is 1480. The van der Waals surface area contributed by atoms with Crippen LogP contribution in [-0.2, 0) is 6.42 Å². The minimum atomic E-state index is 0.180. The van der Waals surface area contributed by atoms with E-state index in [1.807, 2.05) is 60.1 Å². The Morgan fingerprint density at radius 1 is 0.727 bits per heavy atom. The fourth-order valence-corrected chi connectivity index (χ4v) is 4.88. The number of aromatic nitrogens is 3. The van der Waals surface area contributed by atoms with Crippen LogP contribution in [0.3, 0.4) is 0 Å². The Kier molecular flexibility index (Phi) is 4.65. The summed E-state index contributed by atoms with van der Waals surface area (Å²) >= 11 is 0. The third kappa shape index (κ3) is 3.26. The molecule has 0 spiro atoms. The number of rotatable bonds is 3. The van der Waals surface area contributed by atoms with Gasteiger partial charge in [0, 0.05) is 17.5 Å². The minimum absolute atomic E-state index is 0.180. The van der Waals surface area contributed by atoms with Crippen LogP contribution in [0.15, 0.2) is 84.9 Å². The molecule has 0 amide bonds. The number of pyridine rings is 1. The van der Waals surface area contributed by atoms with Gasteiger partial charge >= 0.3 is 0 Å². The molecule has 0 N–H and O–H groups in total. The first-order chi connectivity index (χ1) is 16.2. The molecule has 0 aliphatic heterocycles. The maximum Gasteiger partial charge on any atom is 0.165 e. The highest BCUT2D eigenvalue weighted by atomic mass is 16.1. The predicted molar refractivity (Wildman–Crippen MR) is 132 cm³/mol. The lowest BCUT2D eigenvalue weighted by Crippen LogP contribution is -2.15. The van der Waals surface area contributed by atoms with Crippen molar-refractivity contribution in [2.24, 2.45) is 0 Å². The molecule has 33 heavy (non-hydrogen) atoms. The van der Waals surface area contributed by atoms with Crippen molar-refractivity contribution < 1.29 is 4.79 Å². The van der Waals surface area contributed by atoms with Gasteiger partial charge in [-0.05, 0) is 48.6 Å². The molecular weight excluding hydrogens is 406 g/mol. The van der Waals surface area contributed by atoms with E-state index in [-0.39, 0.29) is 5.78 Å². The van der Waals surface area contributed by atoms with Gasteiger partial charge in [0.1, 0.15) is 0 Å². The minimum Gasteiger partial charge on any atom is -0.294 e. The van der Waals surface area contributed by atoms with E-state index in [0.717, 1.165) is 63.2 Å². The zero-order chi connectivity index (χ0) is 22.4. The van der Waals surface area contributed by atoms with Gasteiger partial charge in [-0.1, -0.05) is 72.8 Å². The molecule has 0 atom stereocenters. The number of nitrogens with zero attached hydrogens (tertiary/aromatic N) is 3. The van der Waals surface area contributed by atoms with E-state index in [0.29, 0.717) is 6.42 Å². The van der Waals surface area contributed by atoms with Crippen molar-refractivity contribution in [3.63, 3.8) is 0 Å². The third-order valence-corrected chi connectivity index (χ3v) is 6.44. The van der Waals surface area contributed by atoms with Crippen molar-refractivity contribution in [1.29, 1.82) is 0 Å². The molecule has 1 aliphatic carbocycles. The van der Waals surface area contributed by atoms with Crippen LogP contribution in [0.5, 0.6) is 0 Å². The zero-order valence-corrected chi connectivity index (χ0v) is 18.5. The van der Waals surface area contributed by atoms with E-state index < -0.39 is 0 Å². The summed E-state index contributed by atoms with van der Waals surface area (Å²) in [5.41, 5.74) is 8.66. The monoisotopic (exact) mass is 429 g/mol. The number of ketones is 1. The van der Waals surface area contributed by atoms with E-state index in [9.17, 15) is 4.79 Å². The average Bonchev–Trinajstić information content (AvgIpc) is 3.20. The molecule has 1 aliphatic rings. The van der Waals surface area contributed by atoms with E-state index in [1.54, 1.807) is 0 Å². The molecule has 0 bridgehead atoms. The van der Waals surface area contributed by atoms with Crippen LogP contribution in [-0.4, -0.2) is 20.5 Å². The highest BCUT2D eigenvalue weighted by molar-refractivity contribution is 6.11. The molecule has 0 unspecified atom stereocenters. The SMILES string of the molecule is Cc1nn(-c2ccccc2)c2nc3c(c(-c4ccc(-c5ccccc5)cc4)c12)C(=O)CCC3. The van der Waals surface area contributed by atoms with Crippen molar-refractivity contribution in [1.82, 2.24) is 14.8 Å².